The van der Waals surface area contributed by atoms with Crippen LogP contribution in [0.4, 0.5) is 5.69 Å². The molecule has 5 nitrogen and oxygen atoms in total. The van der Waals surface area contributed by atoms with Gasteiger partial charge in [-0.15, -0.1) is 0 Å². The fourth-order valence-electron chi connectivity index (χ4n) is 1.52. The third-order valence-electron chi connectivity index (χ3n) is 2.73. The smallest absolute Gasteiger partial charge is 0.340 e. The molecule has 1 amide bonds. The van der Waals surface area contributed by atoms with Gasteiger partial charge in [-0.05, 0) is 25.0 Å². The molecule has 0 atom stereocenters. The van der Waals surface area contributed by atoms with Gasteiger partial charge >= 0.3 is 5.97 Å². The topological polar surface area (TPSA) is 81.4 Å². The van der Waals surface area contributed by atoms with Crippen molar-refractivity contribution in [2.75, 3.05) is 18.9 Å². The van der Waals surface area contributed by atoms with E-state index >= 15 is 0 Å². The van der Waals surface area contributed by atoms with Crippen molar-refractivity contribution >= 4 is 17.6 Å². The van der Waals surface area contributed by atoms with Crippen molar-refractivity contribution in [2.45, 2.75) is 26.7 Å². The number of nitrogens with one attached hydrogen (secondary N) is 1. The normalized spacial score (nSPS) is 10.0. The van der Waals surface area contributed by atoms with E-state index < -0.39 is 5.97 Å². The Bertz CT molecular complexity index is 458. The van der Waals surface area contributed by atoms with Gasteiger partial charge in [-0.3, -0.25) is 4.79 Å². The van der Waals surface area contributed by atoms with Gasteiger partial charge in [-0.1, -0.05) is 25.5 Å². The molecule has 0 bridgehead atoms. The fraction of sp³-hybridized carbons (Fsp3) is 0.429. The molecule has 0 saturated heterocycles. The molecule has 0 saturated carbocycles. The molecule has 0 spiro atoms. The van der Waals surface area contributed by atoms with E-state index in [1.807, 2.05) is 19.9 Å². The van der Waals surface area contributed by atoms with Gasteiger partial charge in [0, 0.05) is 12.2 Å². The minimum absolute atomic E-state index is 0.282. The summed E-state index contributed by atoms with van der Waals surface area (Å²) in [5, 5.41) is 2.67. The highest BCUT2D eigenvalue weighted by Crippen LogP contribution is 2.17. The zero-order valence-corrected chi connectivity index (χ0v) is 11.4. The molecule has 1 aromatic rings. The lowest BCUT2D eigenvalue weighted by atomic mass is 10.1. The van der Waals surface area contributed by atoms with Gasteiger partial charge in [0.1, 0.15) is 0 Å². The molecule has 0 aromatic heterocycles. The van der Waals surface area contributed by atoms with Gasteiger partial charge in [0.25, 0.3) is 5.91 Å². The molecule has 0 fully saturated rings. The molecule has 0 aliphatic rings. The summed E-state index contributed by atoms with van der Waals surface area (Å²) in [5.74, 6) is -0.875. The Hall–Kier alpha value is -2.04. The number of ether oxygens (including phenoxy) is 1. The molecule has 0 unspecified atom stereocenters. The monoisotopic (exact) mass is 264 g/mol. The maximum absolute atomic E-state index is 11.8. The Morgan fingerprint density at radius 3 is 2.79 bits per heavy atom. The minimum Gasteiger partial charge on any atom is -0.452 e. The van der Waals surface area contributed by atoms with E-state index in [0.29, 0.717) is 17.8 Å². The zero-order valence-electron chi connectivity index (χ0n) is 11.4. The SMILES string of the molecule is CCCCNC(=O)COC(=O)c1cccc(C)c1N. The Morgan fingerprint density at radius 2 is 2.11 bits per heavy atom. The predicted octanol–water partition coefficient (Wildman–Crippen LogP) is 1.65. The van der Waals surface area contributed by atoms with Crippen molar-refractivity contribution < 1.29 is 14.3 Å². The van der Waals surface area contributed by atoms with Gasteiger partial charge in [0.15, 0.2) is 6.61 Å². The number of hydrogen-bond donors (Lipinski definition) is 2. The van der Waals surface area contributed by atoms with E-state index in [2.05, 4.69) is 5.32 Å². The summed E-state index contributed by atoms with van der Waals surface area (Å²) < 4.78 is 4.93. The molecule has 19 heavy (non-hydrogen) atoms. The third kappa shape index (κ3) is 4.62. The molecule has 104 valence electrons. The molecule has 0 heterocycles. The first-order valence-electron chi connectivity index (χ1n) is 6.35. The molecule has 1 aromatic carbocycles. The average Bonchev–Trinajstić information content (AvgIpc) is 2.39. The van der Waals surface area contributed by atoms with Crippen LogP contribution in [0.3, 0.4) is 0 Å². The van der Waals surface area contributed by atoms with Crippen LogP contribution in [0.5, 0.6) is 0 Å². The molecule has 0 aliphatic heterocycles. The number of amides is 1. The number of carbonyl (C=O) groups is 2. The lowest BCUT2D eigenvalue weighted by molar-refractivity contribution is -0.124. The van der Waals surface area contributed by atoms with Crippen LogP contribution in [-0.2, 0) is 9.53 Å². The summed E-state index contributed by atoms with van der Waals surface area (Å²) in [4.78, 5) is 23.2. The Balaban J connectivity index is 2.47. The van der Waals surface area contributed by atoms with Crippen LogP contribution in [0, 0.1) is 6.92 Å². The molecular formula is C14H20N2O3. The first-order chi connectivity index (χ1) is 9.06. The molecule has 1 rings (SSSR count). The number of benzene rings is 1. The average molecular weight is 264 g/mol. The quantitative estimate of drug-likeness (QED) is 0.465. The lowest BCUT2D eigenvalue weighted by Crippen LogP contribution is -2.29. The van der Waals surface area contributed by atoms with Crippen molar-refractivity contribution in [3.8, 4) is 0 Å². The van der Waals surface area contributed by atoms with Crippen LogP contribution in [-0.4, -0.2) is 25.0 Å². The molecular weight excluding hydrogens is 244 g/mol. The summed E-state index contributed by atoms with van der Waals surface area (Å²) in [5.41, 5.74) is 7.27. The van der Waals surface area contributed by atoms with E-state index in [1.54, 1.807) is 12.1 Å². The molecule has 5 heteroatoms. The van der Waals surface area contributed by atoms with Crippen molar-refractivity contribution in [2.24, 2.45) is 0 Å². The number of para-hydroxylation sites is 1. The summed E-state index contributed by atoms with van der Waals surface area (Å²) in [6.07, 6.45) is 1.91. The van der Waals surface area contributed by atoms with Crippen LogP contribution < -0.4 is 11.1 Å². The number of carbonyl (C=O) groups excluding carboxylic acids is 2. The number of nitrogens with two attached hydrogens (primary N) is 1. The van der Waals surface area contributed by atoms with E-state index in [1.165, 1.54) is 0 Å². The van der Waals surface area contributed by atoms with Crippen LogP contribution >= 0.6 is 0 Å². The van der Waals surface area contributed by atoms with Gasteiger partial charge in [-0.2, -0.15) is 0 Å². The van der Waals surface area contributed by atoms with Crippen molar-refractivity contribution in [1.29, 1.82) is 0 Å². The Labute approximate surface area is 113 Å². The van der Waals surface area contributed by atoms with Crippen LogP contribution in [0.25, 0.3) is 0 Å². The van der Waals surface area contributed by atoms with E-state index in [0.717, 1.165) is 18.4 Å². The Morgan fingerprint density at radius 1 is 1.37 bits per heavy atom. The number of unbranched alkanes of at least 4 members (excludes halogenated alkanes) is 1. The van der Waals surface area contributed by atoms with Crippen molar-refractivity contribution in [3.63, 3.8) is 0 Å². The highest BCUT2D eigenvalue weighted by atomic mass is 16.5. The molecule has 3 N–H and O–H groups in total. The predicted molar refractivity (Wildman–Crippen MR) is 73.8 cm³/mol. The summed E-state index contributed by atoms with van der Waals surface area (Å²) in [7, 11) is 0. The van der Waals surface area contributed by atoms with Crippen LogP contribution in [0.15, 0.2) is 18.2 Å². The second-order valence-corrected chi connectivity index (χ2v) is 4.32. The van der Waals surface area contributed by atoms with Gasteiger partial charge in [-0.25, -0.2) is 4.79 Å². The summed E-state index contributed by atoms with van der Waals surface area (Å²) in [6, 6.07) is 5.12. The largest absolute Gasteiger partial charge is 0.452 e. The number of nitrogen functional groups attached to an aromatic ring is 1. The van der Waals surface area contributed by atoms with E-state index in [-0.39, 0.29) is 12.5 Å². The zero-order chi connectivity index (χ0) is 14.3. The lowest BCUT2D eigenvalue weighted by Gasteiger charge is -2.09. The second-order valence-electron chi connectivity index (χ2n) is 4.32. The first kappa shape index (κ1) is 15.0. The van der Waals surface area contributed by atoms with Crippen molar-refractivity contribution in [1.82, 2.24) is 5.32 Å². The molecule has 0 aliphatic carbocycles. The van der Waals surface area contributed by atoms with E-state index in [9.17, 15) is 9.59 Å². The maximum atomic E-state index is 11.8. The third-order valence-corrected chi connectivity index (χ3v) is 2.73. The summed E-state index contributed by atoms with van der Waals surface area (Å²) in [6.45, 7) is 4.16. The number of hydrogen-bond acceptors (Lipinski definition) is 4. The fourth-order valence-corrected chi connectivity index (χ4v) is 1.52. The number of anilines is 1. The standard InChI is InChI=1S/C14H20N2O3/c1-3-4-8-16-12(17)9-19-14(18)11-7-5-6-10(2)13(11)15/h5-7H,3-4,8-9,15H2,1-2H3,(H,16,17). The van der Waals surface area contributed by atoms with Crippen LogP contribution in [0.2, 0.25) is 0 Å². The highest BCUT2D eigenvalue weighted by molar-refractivity contribution is 5.96. The van der Waals surface area contributed by atoms with E-state index in [4.69, 9.17) is 10.5 Å². The minimum atomic E-state index is -0.577. The molecule has 0 radical (unpaired) electrons. The highest BCUT2D eigenvalue weighted by Gasteiger charge is 2.13. The summed E-state index contributed by atoms with van der Waals surface area (Å²) >= 11 is 0. The first-order valence-corrected chi connectivity index (χ1v) is 6.35. The number of esters is 1. The number of aryl methyl sites for hydroxylation is 1. The maximum Gasteiger partial charge on any atom is 0.340 e. The van der Waals surface area contributed by atoms with Crippen LogP contribution in [0.1, 0.15) is 35.7 Å². The second kappa shape index (κ2) is 7.41. The van der Waals surface area contributed by atoms with Gasteiger partial charge in [0.05, 0.1) is 5.56 Å². The van der Waals surface area contributed by atoms with Gasteiger partial charge in [0.2, 0.25) is 0 Å². The number of rotatable bonds is 6. The van der Waals surface area contributed by atoms with Gasteiger partial charge < -0.3 is 15.8 Å². The Kier molecular flexibility index (Phi) is 5.85. The van der Waals surface area contributed by atoms with Crippen molar-refractivity contribution in [3.05, 3.63) is 29.3 Å².